The summed E-state index contributed by atoms with van der Waals surface area (Å²) in [6.45, 7) is 4.16. The molecule has 0 aliphatic carbocycles. The van der Waals surface area contributed by atoms with Crippen molar-refractivity contribution in [3.8, 4) is 0 Å². The fraction of sp³-hybridized carbons (Fsp3) is 0.625. The van der Waals surface area contributed by atoms with Crippen molar-refractivity contribution in [2.24, 2.45) is 0 Å². The minimum Gasteiger partial charge on any atom is -0.322 e. The molecular weight excluding hydrogens is 170 g/mol. The molecule has 0 aromatic carbocycles. The summed E-state index contributed by atoms with van der Waals surface area (Å²) in [5.74, 6) is 1.18. The normalized spacial score (nSPS) is 15.2. The molecule has 1 aromatic rings. The summed E-state index contributed by atoms with van der Waals surface area (Å²) in [5, 5.41) is 4.32. The number of hydrogen-bond acceptors (Lipinski definition) is 3. The van der Waals surface area contributed by atoms with E-state index in [1.54, 1.807) is 0 Å². The number of thioether (sulfide) groups is 1. The molecule has 0 saturated heterocycles. The molecule has 1 aliphatic heterocycles. The van der Waals surface area contributed by atoms with Gasteiger partial charge in [0.2, 0.25) is 0 Å². The number of hydrogen-bond donors (Lipinski definition) is 1. The van der Waals surface area contributed by atoms with Gasteiger partial charge in [0.25, 0.3) is 0 Å². The van der Waals surface area contributed by atoms with Crippen LogP contribution in [0.25, 0.3) is 0 Å². The zero-order chi connectivity index (χ0) is 8.55. The first-order valence-corrected chi connectivity index (χ1v) is 5.15. The highest BCUT2D eigenvalue weighted by Crippen LogP contribution is 2.27. The second-order valence-electron chi connectivity index (χ2n) is 2.96. The van der Waals surface area contributed by atoms with Gasteiger partial charge in [0.15, 0.2) is 5.16 Å². The third-order valence-electron chi connectivity index (χ3n) is 2.17. The van der Waals surface area contributed by atoms with Gasteiger partial charge in [-0.2, -0.15) is 0 Å². The van der Waals surface area contributed by atoms with E-state index in [9.17, 15) is 0 Å². The van der Waals surface area contributed by atoms with E-state index in [4.69, 9.17) is 0 Å². The van der Waals surface area contributed by atoms with Crippen LogP contribution in [0.15, 0.2) is 5.16 Å². The van der Waals surface area contributed by atoms with E-state index in [2.05, 4.69) is 21.8 Å². The number of imidazole rings is 1. The first kappa shape index (κ1) is 8.13. The molecule has 12 heavy (non-hydrogen) atoms. The Bertz CT molecular complexity index is 293. The zero-order valence-electron chi connectivity index (χ0n) is 7.42. The van der Waals surface area contributed by atoms with Gasteiger partial charge in [0.05, 0.1) is 5.69 Å². The topological polar surface area (TPSA) is 29.9 Å². The summed E-state index contributed by atoms with van der Waals surface area (Å²) in [5.41, 5.74) is 2.52. The van der Waals surface area contributed by atoms with Gasteiger partial charge in [-0.1, -0.05) is 11.8 Å². The van der Waals surface area contributed by atoms with Crippen LogP contribution < -0.4 is 5.32 Å². The van der Waals surface area contributed by atoms with Crippen molar-refractivity contribution in [3.63, 3.8) is 0 Å². The first-order chi connectivity index (χ1) is 5.83. The SMILES string of the molecule is CNCc1nc2n(c1C)CCS2. The largest absolute Gasteiger partial charge is 0.322 e. The highest BCUT2D eigenvalue weighted by molar-refractivity contribution is 7.99. The van der Waals surface area contributed by atoms with Crippen molar-refractivity contribution in [2.75, 3.05) is 12.8 Å². The van der Waals surface area contributed by atoms with E-state index in [0.717, 1.165) is 13.1 Å². The Balaban J connectivity index is 2.34. The van der Waals surface area contributed by atoms with Gasteiger partial charge >= 0.3 is 0 Å². The smallest absolute Gasteiger partial charge is 0.168 e. The van der Waals surface area contributed by atoms with Crippen LogP contribution in [0.5, 0.6) is 0 Å². The molecule has 1 N–H and O–H groups in total. The van der Waals surface area contributed by atoms with Gasteiger partial charge in [-0.15, -0.1) is 0 Å². The molecule has 0 spiro atoms. The van der Waals surface area contributed by atoms with Crippen molar-refractivity contribution < 1.29 is 0 Å². The maximum Gasteiger partial charge on any atom is 0.168 e. The maximum absolute atomic E-state index is 4.54. The second kappa shape index (κ2) is 3.11. The van der Waals surface area contributed by atoms with Crippen LogP contribution in [0, 0.1) is 6.92 Å². The average molecular weight is 183 g/mol. The van der Waals surface area contributed by atoms with Gasteiger partial charge in [-0.3, -0.25) is 0 Å². The molecule has 66 valence electrons. The van der Waals surface area contributed by atoms with Crippen molar-refractivity contribution in [1.82, 2.24) is 14.9 Å². The van der Waals surface area contributed by atoms with E-state index < -0.39 is 0 Å². The molecule has 0 saturated carbocycles. The van der Waals surface area contributed by atoms with Crippen LogP contribution >= 0.6 is 11.8 Å². The number of aromatic nitrogens is 2. The zero-order valence-corrected chi connectivity index (χ0v) is 8.24. The fourth-order valence-corrected chi connectivity index (χ4v) is 2.51. The predicted octanol–water partition coefficient (Wildman–Crippen LogP) is 1.02. The Labute approximate surface area is 76.6 Å². The Morgan fingerprint density at radius 3 is 3.17 bits per heavy atom. The van der Waals surface area contributed by atoms with Crippen LogP contribution in [0.3, 0.4) is 0 Å². The summed E-state index contributed by atoms with van der Waals surface area (Å²) >= 11 is 1.85. The summed E-state index contributed by atoms with van der Waals surface area (Å²) < 4.78 is 2.30. The van der Waals surface area contributed by atoms with E-state index in [-0.39, 0.29) is 0 Å². The standard InChI is InChI=1S/C8H13N3S/c1-6-7(5-9-2)10-8-11(6)3-4-12-8/h9H,3-5H2,1-2H3. The van der Waals surface area contributed by atoms with E-state index in [0.29, 0.717) is 0 Å². The Morgan fingerprint density at radius 2 is 2.50 bits per heavy atom. The Hall–Kier alpha value is -0.480. The van der Waals surface area contributed by atoms with Crippen molar-refractivity contribution in [1.29, 1.82) is 0 Å². The van der Waals surface area contributed by atoms with Gasteiger partial charge in [0.1, 0.15) is 0 Å². The van der Waals surface area contributed by atoms with Crippen LogP contribution in [0.1, 0.15) is 11.4 Å². The number of nitrogens with zero attached hydrogens (tertiary/aromatic N) is 2. The molecule has 0 atom stereocenters. The molecule has 3 nitrogen and oxygen atoms in total. The fourth-order valence-electron chi connectivity index (χ4n) is 1.49. The Morgan fingerprint density at radius 1 is 1.67 bits per heavy atom. The maximum atomic E-state index is 4.54. The highest BCUT2D eigenvalue weighted by atomic mass is 32.2. The van der Waals surface area contributed by atoms with Crippen LogP contribution in [0.2, 0.25) is 0 Å². The molecule has 2 heterocycles. The molecule has 0 bridgehead atoms. The summed E-state index contributed by atoms with van der Waals surface area (Å²) in [4.78, 5) is 4.54. The first-order valence-electron chi connectivity index (χ1n) is 4.16. The van der Waals surface area contributed by atoms with Gasteiger partial charge in [-0.25, -0.2) is 4.98 Å². The van der Waals surface area contributed by atoms with E-state index >= 15 is 0 Å². The summed E-state index contributed by atoms with van der Waals surface area (Å²) in [6, 6.07) is 0. The van der Waals surface area contributed by atoms with Crippen LogP contribution in [-0.4, -0.2) is 22.4 Å². The number of nitrogens with one attached hydrogen (secondary N) is 1. The number of fused-ring (bicyclic) bond motifs is 1. The molecule has 0 fully saturated rings. The molecule has 1 aromatic heterocycles. The average Bonchev–Trinajstić information content (AvgIpc) is 2.58. The van der Waals surface area contributed by atoms with E-state index in [1.165, 1.54) is 22.3 Å². The summed E-state index contributed by atoms with van der Waals surface area (Å²) in [7, 11) is 1.96. The number of rotatable bonds is 2. The monoisotopic (exact) mass is 183 g/mol. The predicted molar refractivity (Wildman–Crippen MR) is 50.5 cm³/mol. The van der Waals surface area contributed by atoms with Crippen LogP contribution in [0.4, 0.5) is 0 Å². The summed E-state index contributed by atoms with van der Waals surface area (Å²) in [6.07, 6.45) is 0. The third-order valence-corrected chi connectivity index (χ3v) is 3.13. The quantitative estimate of drug-likeness (QED) is 0.742. The van der Waals surface area contributed by atoms with Gasteiger partial charge in [0, 0.05) is 24.5 Å². The highest BCUT2D eigenvalue weighted by Gasteiger charge is 2.17. The molecule has 0 radical (unpaired) electrons. The molecule has 2 rings (SSSR count). The molecule has 0 unspecified atom stereocenters. The van der Waals surface area contributed by atoms with Crippen molar-refractivity contribution in [2.45, 2.75) is 25.2 Å². The minimum atomic E-state index is 0.881. The van der Waals surface area contributed by atoms with Crippen molar-refractivity contribution >= 4 is 11.8 Å². The lowest BCUT2D eigenvalue weighted by molar-refractivity contribution is 0.697. The molecule has 4 heteroatoms. The molecule has 0 amide bonds. The van der Waals surface area contributed by atoms with Crippen molar-refractivity contribution in [3.05, 3.63) is 11.4 Å². The lowest BCUT2D eigenvalue weighted by Gasteiger charge is -1.99. The molecular formula is C8H13N3S. The molecule has 1 aliphatic rings. The third kappa shape index (κ3) is 1.15. The lowest BCUT2D eigenvalue weighted by Crippen LogP contribution is -2.07. The lowest BCUT2D eigenvalue weighted by atomic mass is 10.3. The second-order valence-corrected chi connectivity index (χ2v) is 4.02. The Kier molecular flexibility index (Phi) is 2.11. The van der Waals surface area contributed by atoms with Gasteiger partial charge in [-0.05, 0) is 14.0 Å². The van der Waals surface area contributed by atoms with E-state index in [1.807, 2.05) is 18.8 Å². The van der Waals surface area contributed by atoms with Gasteiger partial charge < -0.3 is 9.88 Å². The minimum absolute atomic E-state index is 0.881. The van der Waals surface area contributed by atoms with Crippen LogP contribution in [-0.2, 0) is 13.1 Å².